The molecule has 0 spiro atoms. The monoisotopic (exact) mass is 413 g/mol. The molecule has 2 amide bonds. The number of hydrogen-bond acceptors (Lipinski definition) is 5. The maximum atomic E-state index is 13.1. The zero-order valence-corrected chi connectivity index (χ0v) is 16.4. The Morgan fingerprint density at radius 1 is 1.07 bits per heavy atom. The lowest BCUT2D eigenvalue weighted by Gasteiger charge is -2.09. The number of rotatable bonds is 9. The van der Waals surface area contributed by atoms with Gasteiger partial charge in [-0.2, -0.15) is 0 Å². The molecule has 29 heavy (non-hydrogen) atoms. The molecule has 0 aliphatic carbocycles. The zero-order chi connectivity index (χ0) is 20.5. The van der Waals surface area contributed by atoms with Crippen LogP contribution in [0.25, 0.3) is 0 Å². The molecule has 0 radical (unpaired) electrons. The largest absolute Gasteiger partial charge is 0.487 e. The minimum Gasteiger partial charge on any atom is -0.487 e. The van der Waals surface area contributed by atoms with Crippen LogP contribution in [-0.2, 0) is 17.8 Å². The van der Waals surface area contributed by atoms with Gasteiger partial charge >= 0.3 is 0 Å². The van der Waals surface area contributed by atoms with E-state index in [4.69, 9.17) is 4.74 Å². The maximum Gasteiger partial charge on any atom is 0.251 e. The standard InChI is InChI=1S/C21H20FN3O3S/c22-17-5-1-3-15(9-17)10-20(26)23-7-8-24-21(27)16-4-2-6-19(11-16)28-12-18-13-29-14-25-18/h1-6,9,11,13-14H,7-8,10,12H2,(H,23,26)(H,24,27). The molecule has 1 aromatic heterocycles. The first-order valence-electron chi connectivity index (χ1n) is 8.99. The normalized spacial score (nSPS) is 10.4. The molecule has 0 saturated carbocycles. The maximum absolute atomic E-state index is 13.1. The van der Waals surface area contributed by atoms with Crippen molar-refractivity contribution in [1.29, 1.82) is 0 Å². The Balaban J connectivity index is 1.40. The fourth-order valence-corrected chi connectivity index (χ4v) is 3.11. The Labute approximate surface area is 171 Å². The van der Waals surface area contributed by atoms with E-state index >= 15 is 0 Å². The average molecular weight is 413 g/mol. The molecule has 1 heterocycles. The van der Waals surface area contributed by atoms with Crippen molar-refractivity contribution in [3.05, 3.63) is 82.1 Å². The van der Waals surface area contributed by atoms with Crippen LogP contribution in [0.4, 0.5) is 4.39 Å². The summed E-state index contributed by atoms with van der Waals surface area (Å²) < 4.78 is 18.8. The first kappa shape index (κ1) is 20.5. The summed E-state index contributed by atoms with van der Waals surface area (Å²) in [6.07, 6.45) is 0.0874. The molecule has 6 nitrogen and oxygen atoms in total. The minimum atomic E-state index is -0.375. The number of nitrogens with zero attached hydrogens (tertiary/aromatic N) is 1. The van der Waals surface area contributed by atoms with E-state index in [-0.39, 0.29) is 37.1 Å². The molecular formula is C21H20FN3O3S. The van der Waals surface area contributed by atoms with Gasteiger partial charge in [-0.15, -0.1) is 11.3 Å². The van der Waals surface area contributed by atoms with Gasteiger partial charge in [0.25, 0.3) is 5.91 Å². The third-order valence-corrected chi connectivity index (χ3v) is 4.59. The smallest absolute Gasteiger partial charge is 0.251 e. The first-order valence-corrected chi connectivity index (χ1v) is 9.94. The lowest BCUT2D eigenvalue weighted by Crippen LogP contribution is -2.35. The third-order valence-electron chi connectivity index (χ3n) is 3.95. The molecule has 3 rings (SSSR count). The number of carbonyl (C=O) groups is 2. The fourth-order valence-electron chi connectivity index (χ4n) is 2.57. The highest BCUT2D eigenvalue weighted by molar-refractivity contribution is 7.07. The molecule has 0 saturated heterocycles. The van der Waals surface area contributed by atoms with E-state index in [1.165, 1.54) is 23.5 Å². The van der Waals surface area contributed by atoms with E-state index in [1.807, 2.05) is 5.38 Å². The van der Waals surface area contributed by atoms with E-state index in [0.29, 0.717) is 23.5 Å². The first-order chi connectivity index (χ1) is 14.1. The van der Waals surface area contributed by atoms with Gasteiger partial charge in [-0.3, -0.25) is 9.59 Å². The van der Waals surface area contributed by atoms with Gasteiger partial charge in [0.05, 0.1) is 17.6 Å². The molecule has 3 aromatic rings. The third kappa shape index (κ3) is 6.69. The SMILES string of the molecule is O=C(Cc1cccc(F)c1)NCCNC(=O)c1cccc(OCc2cscn2)c1. The van der Waals surface area contributed by atoms with E-state index in [9.17, 15) is 14.0 Å². The summed E-state index contributed by atoms with van der Waals surface area (Å²) in [5, 5.41) is 7.34. The average Bonchev–Trinajstić information content (AvgIpc) is 3.23. The van der Waals surface area contributed by atoms with Crippen LogP contribution in [0.2, 0.25) is 0 Å². The van der Waals surface area contributed by atoms with Gasteiger partial charge < -0.3 is 15.4 Å². The Kier molecular flexibility index (Phi) is 7.29. The molecule has 2 aromatic carbocycles. The molecule has 150 valence electrons. The van der Waals surface area contributed by atoms with Gasteiger partial charge in [0.2, 0.25) is 5.91 Å². The summed E-state index contributed by atoms with van der Waals surface area (Å²) in [6.45, 7) is 0.892. The van der Waals surface area contributed by atoms with Gasteiger partial charge in [-0.05, 0) is 35.9 Å². The predicted octanol–water partition coefficient (Wildman–Crippen LogP) is 2.95. The zero-order valence-electron chi connectivity index (χ0n) is 15.6. The second kappa shape index (κ2) is 10.3. The Hall–Kier alpha value is -3.26. The highest BCUT2D eigenvalue weighted by Crippen LogP contribution is 2.15. The molecule has 0 fully saturated rings. The number of hydrogen-bond donors (Lipinski definition) is 2. The molecular weight excluding hydrogens is 393 g/mol. The quantitative estimate of drug-likeness (QED) is 0.529. The number of nitrogens with one attached hydrogen (secondary N) is 2. The van der Waals surface area contributed by atoms with Crippen LogP contribution in [0, 0.1) is 5.82 Å². The van der Waals surface area contributed by atoms with Crippen molar-refractivity contribution in [2.75, 3.05) is 13.1 Å². The van der Waals surface area contributed by atoms with E-state index < -0.39 is 0 Å². The summed E-state index contributed by atoms with van der Waals surface area (Å²) in [4.78, 5) is 28.3. The van der Waals surface area contributed by atoms with Crippen molar-refractivity contribution >= 4 is 23.2 Å². The van der Waals surface area contributed by atoms with Crippen molar-refractivity contribution in [1.82, 2.24) is 15.6 Å². The number of aromatic nitrogens is 1. The summed E-state index contributed by atoms with van der Waals surface area (Å²) in [7, 11) is 0. The molecule has 0 unspecified atom stereocenters. The molecule has 0 aliphatic heterocycles. The van der Waals surface area contributed by atoms with E-state index in [1.54, 1.807) is 41.9 Å². The highest BCUT2D eigenvalue weighted by Gasteiger charge is 2.08. The summed E-state index contributed by atoms with van der Waals surface area (Å²) in [5.41, 5.74) is 3.63. The van der Waals surface area contributed by atoms with Crippen LogP contribution in [-0.4, -0.2) is 29.9 Å². The van der Waals surface area contributed by atoms with Crippen LogP contribution in [0.3, 0.4) is 0 Å². The second-order valence-corrected chi connectivity index (χ2v) is 6.93. The molecule has 0 bridgehead atoms. The van der Waals surface area contributed by atoms with E-state index in [0.717, 1.165) is 5.69 Å². The Morgan fingerprint density at radius 3 is 2.69 bits per heavy atom. The predicted molar refractivity (Wildman–Crippen MR) is 108 cm³/mol. The summed E-state index contributed by atoms with van der Waals surface area (Å²) >= 11 is 1.49. The van der Waals surface area contributed by atoms with Crippen LogP contribution in [0.15, 0.2) is 59.4 Å². The Morgan fingerprint density at radius 2 is 1.90 bits per heavy atom. The van der Waals surface area contributed by atoms with Crippen molar-refractivity contribution < 1.29 is 18.7 Å². The van der Waals surface area contributed by atoms with Crippen molar-refractivity contribution in [2.45, 2.75) is 13.0 Å². The molecule has 0 atom stereocenters. The van der Waals surface area contributed by atoms with Crippen LogP contribution < -0.4 is 15.4 Å². The van der Waals surface area contributed by atoms with Crippen molar-refractivity contribution in [3.8, 4) is 5.75 Å². The summed E-state index contributed by atoms with van der Waals surface area (Å²) in [5.74, 6) is -0.292. The van der Waals surface area contributed by atoms with Gasteiger partial charge in [-0.25, -0.2) is 9.37 Å². The second-order valence-electron chi connectivity index (χ2n) is 6.21. The van der Waals surface area contributed by atoms with Gasteiger partial charge in [-0.1, -0.05) is 18.2 Å². The molecule has 0 aliphatic rings. The van der Waals surface area contributed by atoms with Gasteiger partial charge in [0.1, 0.15) is 18.2 Å². The summed E-state index contributed by atoms with van der Waals surface area (Å²) in [6, 6.07) is 12.8. The number of halogens is 1. The number of carbonyl (C=O) groups excluding carboxylic acids is 2. The minimum absolute atomic E-state index is 0.0874. The number of benzene rings is 2. The lowest BCUT2D eigenvalue weighted by molar-refractivity contribution is -0.120. The number of ether oxygens (including phenoxy) is 1. The lowest BCUT2D eigenvalue weighted by atomic mass is 10.1. The number of amides is 2. The number of thiazole rings is 1. The highest BCUT2D eigenvalue weighted by atomic mass is 32.1. The molecule has 2 N–H and O–H groups in total. The van der Waals surface area contributed by atoms with Crippen molar-refractivity contribution in [2.24, 2.45) is 0 Å². The fraction of sp³-hybridized carbons (Fsp3) is 0.190. The van der Waals surface area contributed by atoms with Crippen LogP contribution in [0.5, 0.6) is 5.75 Å². The molecule has 8 heteroatoms. The van der Waals surface area contributed by atoms with Crippen LogP contribution >= 0.6 is 11.3 Å². The van der Waals surface area contributed by atoms with Crippen LogP contribution in [0.1, 0.15) is 21.6 Å². The van der Waals surface area contributed by atoms with E-state index in [2.05, 4.69) is 15.6 Å². The van der Waals surface area contributed by atoms with Gasteiger partial charge in [0.15, 0.2) is 0 Å². The van der Waals surface area contributed by atoms with Gasteiger partial charge in [0, 0.05) is 24.0 Å². The Bertz CT molecular complexity index is 963. The topological polar surface area (TPSA) is 80.3 Å². The van der Waals surface area contributed by atoms with Crippen molar-refractivity contribution in [3.63, 3.8) is 0 Å².